The van der Waals surface area contributed by atoms with Crippen LogP contribution in [0.4, 0.5) is 8.78 Å². The van der Waals surface area contributed by atoms with Crippen LogP contribution in [-0.4, -0.2) is 30.6 Å². The number of H-pyrrole nitrogens is 1. The number of rotatable bonds is 5. The number of methoxy groups -OCH3 is 2. The van der Waals surface area contributed by atoms with Crippen LogP contribution in [0.25, 0.3) is 10.9 Å². The van der Waals surface area contributed by atoms with E-state index in [-0.39, 0.29) is 12.6 Å². The zero-order chi connectivity index (χ0) is 24.1. The van der Waals surface area contributed by atoms with Crippen molar-refractivity contribution >= 4 is 10.9 Å². The summed E-state index contributed by atoms with van der Waals surface area (Å²) in [5.41, 5.74) is 6.58. The predicted molar refractivity (Wildman–Crippen MR) is 129 cm³/mol. The second-order valence-electron chi connectivity index (χ2n) is 9.20. The summed E-state index contributed by atoms with van der Waals surface area (Å²) in [5, 5.41) is 1.20. The molecule has 0 amide bonds. The van der Waals surface area contributed by atoms with Crippen molar-refractivity contribution in [3.05, 3.63) is 88.1 Å². The topological polar surface area (TPSA) is 46.7 Å². The zero-order valence-electron chi connectivity index (χ0n) is 19.7. The lowest BCUT2D eigenvalue weighted by atomic mass is 9.85. The smallest absolute Gasteiger partial charge is 0.162 e. The van der Waals surface area contributed by atoms with E-state index in [1.807, 2.05) is 18.2 Å². The molecule has 3 heterocycles. The van der Waals surface area contributed by atoms with Gasteiger partial charge in [-0.05, 0) is 77.6 Å². The Balaban J connectivity index is 1.34. The minimum absolute atomic E-state index is 0.0462. The number of aromatic nitrogens is 1. The molecule has 1 N–H and O–H groups in total. The fraction of sp³-hybridized carbons (Fsp3) is 0.286. The number of fused-ring (bicyclic) bond motifs is 6. The van der Waals surface area contributed by atoms with E-state index in [1.165, 1.54) is 39.9 Å². The number of hydrogen-bond acceptors (Lipinski definition) is 4. The average molecular weight is 477 g/mol. The second-order valence-corrected chi connectivity index (χ2v) is 9.20. The number of halogens is 2. The molecule has 1 aromatic heterocycles. The lowest BCUT2D eigenvalue weighted by molar-refractivity contribution is 0.158. The summed E-state index contributed by atoms with van der Waals surface area (Å²) < 4.78 is 44.3. The van der Waals surface area contributed by atoms with E-state index < -0.39 is 11.6 Å². The van der Waals surface area contributed by atoms with Crippen LogP contribution >= 0.6 is 0 Å². The third-order valence-corrected chi connectivity index (χ3v) is 7.17. The largest absolute Gasteiger partial charge is 0.497 e. The quantitative estimate of drug-likeness (QED) is 0.402. The van der Waals surface area contributed by atoms with Crippen LogP contribution in [0.3, 0.4) is 0 Å². The van der Waals surface area contributed by atoms with E-state index >= 15 is 0 Å². The van der Waals surface area contributed by atoms with Crippen molar-refractivity contribution in [1.29, 1.82) is 0 Å². The molecule has 35 heavy (non-hydrogen) atoms. The van der Waals surface area contributed by atoms with Gasteiger partial charge in [-0.2, -0.15) is 0 Å². The first-order chi connectivity index (χ1) is 17.0. The van der Waals surface area contributed by atoms with Gasteiger partial charge in [0, 0.05) is 41.8 Å². The molecule has 1 atom stereocenters. The Morgan fingerprint density at radius 1 is 0.971 bits per heavy atom. The summed E-state index contributed by atoms with van der Waals surface area (Å²) >= 11 is 0. The standard InChI is InChI=1S/C28H26F2N2O3/c1-33-20-3-4-24-22(11-20)23-12-26-21-13-28(35-15-16-7-18(29)10-19(30)8-16)27(34-2)9-17(21)5-6-32(26)14-25(23)31-24/h3-4,7-11,13,26,31H,5-6,12,14-15H2,1-2H3. The zero-order valence-corrected chi connectivity index (χ0v) is 19.7. The minimum atomic E-state index is -0.620. The molecule has 5 nitrogen and oxygen atoms in total. The maximum absolute atomic E-state index is 13.6. The Morgan fingerprint density at radius 3 is 2.57 bits per heavy atom. The molecule has 180 valence electrons. The van der Waals surface area contributed by atoms with Crippen LogP contribution in [0.2, 0.25) is 0 Å². The van der Waals surface area contributed by atoms with Crippen molar-refractivity contribution in [2.75, 3.05) is 20.8 Å². The highest BCUT2D eigenvalue weighted by Crippen LogP contribution is 2.44. The SMILES string of the molecule is COc1ccc2[nH]c3c(c2c1)CC1c2cc(OCc4cc(F)cc(F)c4)c(OC)cc2CCN1C3. The van der Waals surface area contributed by atoms with Gasteiger partial charge in [0.05, 0.1) is 14.2 Å². The summed E-state index contributed by atoms with van der Waals surface area (Å²) in [5.74, 6) is 0.807. The third kappa shape index (κ3) is 3.90. The Labute approximate surface area is 202 Å². The van der Waals surface area contributed by atoms with Crippen molar-refractivity contribution < 1.29 is 23.0 Å². The molecule has 0 saturated carbocycles. The van der Waals surface area contributed by atoms with E-state index in [0.29, 0.717) is 17.1 Å². The first kappa shape index (κ1) is 21.9. The molecule has 0 radical (unpaired) electrons. The number of nitrogens with zero attached hydrogens (tertiary/aromatic N) is 1. The summed E-state index contributed by atoms with van der Waals surface area (Å²) in [7, 11) is 3.30. The lowest BCUT2D eigenvalue weighted by Gasteiger charge is -2.40. The molecular formula is C28H26F2N2O3. The number of ether oxygens (including phenoxy) is 3. The van der Waals surface area contributed by atoms with E-state index in [1.54, 1.807) is 14.2 Å². The van der Waals surface area contributed by atoms with Gasteiger partial charge in [0.1, 0.15) is 24.0 Å². The summed E-state index contributed by atoms with van der Waals surface area (Å²) in [6.45, 7) is 1.85. The van der Waals surface area contributed by atoms with Gasteiger partial charge in [-0.3, -0.25) is 4.90 Å². The second kappa shape index (κ2) is 8.57. The van der Waals surface area contributed by atoms with Gasteiger partial charge < -0.3 is 19.2 Å². The average Bonchev–Trinajstić information content (AvgIpc) is 3.21. The van der Waals surface area contributed by atoms with Crippen LogP contribution in [0.1, 0.15) is 34.0 Å². The highest BCUT2D eigenvalue weighted by Gasteiger charge is 2.34. The predicted octanol–water partition coefficient (Wildman–Crippen LogP) is 5.70. The van der Waals surface area contributed by atoms with Crippen molar-refractivity contribution in [2.24, 2.45) is 0 Å². The molecule has 1 unspecified atom stereocenters. The number of nitrogens with one attached hydrogen (secondary N) is 1. The molecule has 0 fully saturated rings. The van der Waals surface area contributed by atoms with Crippen LogP contribution in [-0.2, 0) is 26.0 Å². The van der Waals surface area contributed by atoms with Gasteiger partial charge in [0.2, 0.25) is 0 Å². The molecule has 0 saturated heterocycles. The van der Waals surface area contributed by atoms with Gasteiger partial charge in [-0.15, -0.1) is 0 Å². The minimum Gasteiger partial charge on any atom is -0.497 e. The van der Waals surface area contributed by atoms with E-state index in [2.05, 4.69) is 22.0 Å². The Hall–Kier alpha value is -3.58. The molecule has 2 aliphatic rings. The van der Waals surface area contributed by atoms with Crippen LogP contribution in [0, 0.1) is 11.6 Å². The van der Waals surface area contributed by atoms with Crippen molar-refractivity contribution in [1.82, 2.24) is 9.88 Å². The van der Waals surface area contributed by atoms with Gasteiger partial charge in [-0.25, -0.2) is 8.78 Å². The van der Waals surface area contributed by atoms with Crippen molar-refractivity contribution in [3.63, 3.8) is 0 Å². The Bertz CT molecular complexity index is 1410. The highest BCUT2D eigenvalue weighted by atomic mass is 19.1. The third-order valence-electron chi connectivity index (χ3n) is 7.17. The van der Waals surface area contributed by atoms with Crippen LogP contribution in [0.5, 0.6) is 17.2 Å². The van der Waals surface area contributed by atoms with Gasteiger partial charge >= 0.3 is 0 Å². The van der Waals surface area contributed by atoms with Crippen LogP contribution in [0.15, 0.2) is 48.5 Å². The first-order valence-electron chi connectivity index (χ1n) is 11.7. The fourth-order valence-electron chi connectivity index (χ4n) is 5.49. The molecule has 0 spiro atoms. The summed E-state index contributed by atoms with van der Waals surface area (Å²) in [4.78, 5) is 6.09. The fourth-order valence-corrected chi connectivity index (χ4v) is 5.49. The number of hydrogen-bond donors (Lipinski definition) is 1. The Morgan fingerprint density at radius 2 is 1.80 bits per heavy atom. The lowest BCUT2D eigenvalue weighted by Crippen LogP contribution is -2.39. The van der Waals surface area contributed by atoms with Crippen molar-refractivity contribution in [3.8, 4) is 17.2 Å². The van der Waals surface area contributed by atoms with Crippen LogP contribution < -0.4 is 14.2 Å². The van der Waals surface area contributed by atoms with Gasteiger partial charge in [-0.1, -0.05) is 0 Å². The van der Waals surface area contributed by atoms with Gasteiger partial charge in [0.15, 0.2) is 11.5 Å². The molecule has 0 bridgehead atoms. The maximum Gasteiger partial charge on any atom is 0.162 e. The maximum atomic E-state index is 13.6. The van der Waals surface area contributed by atoms with Gasteiger partial charge in [0.25, 0.3) is 0 Å². The Kier molecular flexibility index (Phi) is 5.37. The molecule has 0 aliphatic carbocycles. The molecule has 7 heteroatoms. The normalized spacial score (nSPS) is 17.0. The molecule has 3 aromatic carbocycles. The summed E-state index contributed by atoms with van der Waals surface area (Å²) in [6, 6.07) is 13.9. The first-order valence-corrected chi connectivity index (χ1v) is 11.7. The number of benzene rings is 3. The van der Waals surface area contributed by atoms with Crippen molar-refractivity contribution in [2.45, 2.75) is 32.0 Å². The summed E-state index contributed by atoms with van der Waals surface area (Å²) in [6.07, 6.45) is 1.79. The number of aromatic amines is 1. The molecular weight excluding hydrogens is 450 g/mol. The monoisotopic (exact) mass is 476 g/mol. The van der Waals surface area contributed by atoms with E-state index in [0.717, 1.165) is 43.3 Å². The molecule has 2 aliphatic heterocycles. The molecule has 6 rings (SSSR count). The molecule has 4 aromatic rings. The highest BCUT2D eigenvalue weighted by molar-refractivity contribution is 5.86. The van der Waals surface area contributed by atoms with E-state index in [4.69, 9.17) is 14.2 Å². The van der Waals surface area contributed by atoms with E-state index in [9.17, 15) is 8.78 Å².